The monoisotopic (exact) mass is 388 g/mol. The lowest BCUT2D eigenvalue weighted by molar-refractivity contribution is 0.509. The van der Waals surface area contributed by atoms with E-state index in [1.165, 1.54) is 6.07 Å². The summed E-state index contributed by atoms with van der Waals surface area (Å²) < 4.78 is 28.3. The second kappa shape index (κ2) is 6.34. The van der Waals surface area contributed by atoms with Gasteiger partial charge in [0.2, 0.25) is 0 Å². The lowest BCUT2D eigenvalue weighted by Gasteiger charge is -2.04. The molecule has 3 aromatic heterocycles. The molecule has 0 spiro atoms. The normalized spacial score (nSPS) is 11.4. The molecule has 1 N–H and O–H groups in total. The molecule has 0 amide bonds. The predicted octanol–water partition coefficient (Wildman–Crippen LogP) is 4.49. The molecule has 0 bridgehead atoms. The lowest BCUT2D eigenvalue weighted by atomic mass is 10.1. The quantitative estimate of drug-likeness (QED) is 0.485. The van der Waals surface area contributed by atoms with Gasteiger partial charge in [0.25, 0.3) is 0 Å². The first kappa shape index (κ1) is 17.2. The molecule has 7 heteroatoms. The molecule has 2 aromatic carbocycles. The molecule has 0 aliphatic rings. The molecule has 5 rings (SSSR count). The van der Waals surface area contributed by atoms with Crippen molar-refractivity contribution >= 4 is 16.6 Å². The van der Waals surface area contributed by atoms with Gasteiger partial charge < -0.3 is 4.98 Å². The smallest absolute Gasteiger partial charge is 0.198 e. The Kier molecular flexibility index (Phi) is 3.77. The zero-order chi connectivity index (χ0) is 20.1. The van der Waals surface area contributed by atoms with Crippen LogP contribution in [0.2, 0.25) is 0 Å². The number of benzene rings is 2. The standard InChI is InChI=1S/C22H14F2N4O/c1-12-20(25-18-5-3-2-4-15(18)21(12)29)22-26-19-9-7-14(11-28(19)27-22)13-6-8-16(23)17(24)10-13/h2-11H,1H3,(H,25,29). The lowest BCUT2D eigenvalue weighted by Crippen LogP contribution is -2.09. The number of nitrogens with zero attached hydrogens (tertiary/aromatic N) is 3. The van der Waals surface area contributed by atoms with Gasteiger partial charge in [0.1, 0.15) is 0 Å². The van der Waals surface area contributed by atoms with Crippen molar-refractivity contribution in [3.05, 3.63) is 88.2 Å². The van der Waals surface area contributed by atoms with Crippen LogP contribution in [0.15, 0.2) is 65.6 Å². The van der Waals surface area contributed by atoms with E-state index in [0.717, 1.165) is 12.1 Å². The van der Waals surface area contributed by atoms with Crippen molar-refractivity contribution in [1.29, 1.82) is 0 Å². The Hall–Kier alpha value is -3.87. The molecule has 5 nitrogen and oxygen atoms in total. The van der Waals surface area contributed by atoms with Crippen LogP contribution in [0.4, 0.5) is 8.78 Å². The van der Waals surface area contributed by atoms with Crippen LogP contribution in [0.25, 0.3) is 39.2 Å². The van der Waals surface area contributed by atoms with Crippen LogP contribution in [0.3, 0.4) is 0 Å². The molecule has 0 radical (unpaired) electrons. The molecule has 0 aliphatic carbocycles. The average Bonchev–Trinajstić information content (AvgIpc) is 3.16. The molecule has 29 heavy (non-hydrogen) atoms. The highest BCUT2D eigenvalue weighted by Gasteiger charge is 2.15. The summed E-state index contributed by atoms with van der Waals surface area (Å²) in [5.41, 5.74) is 3.47. The maximum absolute atomic E-state index is 13.6. The summed E-state index contributed by atoms with van der Waals surface area (Å²) in [6.45, 7) is 1.74. The van der Waals surface area contributed by atoms with Crippen LogP contribution in [-0.2, 0) is 0 Å². The number of para-hydroxylation sites is 1. The first-order valence-corrected chi connectivity index (χ1v) is 8.95. The van der Waals surface area contributed by atoms with Gasteiger partial charge in [-0.1, -0.05) is 18.2 Å². The predicted molar refractivity (Wildman–Crippen MR) is 107 cm³/mol. The summed E-state index contributed by atoms with van der Waals surface area (Å²) >= 11 is 0. The van der Waals surface area contributed by atoms with E-state index in [4.69, 9.17) is 0 Å². The largest absolute Gasteiger partial charge is 0.351 e. The Morgan fingerprint density at radius 1 is 0.966 bits per heavy atom. The van der Waals surface area contributed by atoms with Crippen LogP contribution in [0.5, 0.6) is 0 Å². The number of fused-ring (bicyclic) bond motifs is 2. The minimum Gasteiger partial charge on any atom is -0.351 e. The maximum atomic E-state index is 13.6. The van der Waals surface area contributed by atoms with E-state index in [1.807, 2.05) is 18.2 Å². The number of aromatic amines is 1. The highest BCUT2D eigenvalue weighted by Crippen LogP contribution is 2.24. The van der Waals surface area contributed by atoms with E-state index >= 15 is 0 Å². The van der Waals surface area contributed by atoms with Crippen LogP contribution in [-0.4, -0.2) is 19.6 Å². The molecule has 0 saturated heterocycles. The zero-order valence-electron chi connectivity index (χ0n) is 15.3. The summed E-state index contributed by atoms with van der Waals surface area (Å²) in [7, 11) is 0. The Balaban J connectivity index is 1.66. The Bertz CT molecular complexity index is 1470. The number of H-pyrrole nitrogens is 1. The van der Waals surface area contributed by atoms with Crippen molar-refractivity contribution in [2.24, 2.45) is 0 Å². The summed E-state index contributed by atoms with van der Waals surface area (Å²) in [5, 5.41) is 5.09. The van der Waals surface area contributed by atoms with E-state index in [0.29, 0.717) is 44.8 Å². The fourth-order valence-electron chi connectivity index (χ4n) is 3.39. The van der Waals surface area contributed by atoms with Crippen LogP contribution < -0.4 is 5.43 Å². The first-order chi connectivity index (χ1) is 14.0. The topological polar surface area (TPSA) is 63.1 Å². The molecule has 5 aromatic rings. The van der Waals surface area contributed by atoms with Gasteiger partial charge in [-0.25, -0.2) is 18.3 Å². The van der Waals surface area contributed by atoms with E-state index < -0.39 is 11.6 Å². The van der Waals surface area contributed by atoms with Crippen molar-refractivity contribution in [2.45, 2.75) is 6.92 Å². The van der Waals surface area contributed by atoms with Crippen LogP contribution in [0.1, 0.15) is 5.56 Å². The fraction of sp³-hybridized carbons (Fsp3) is 0.0455. The molecule has 0 atom stereocenters. The highest BCUT2D eigenvalue weighted by molar-refractivity contribution is 5.82. The molecular formula is C22H14F2N4O. The minimum atomic E-state index is -0.911. The van der Waals surface area contributed by atoms with Gasteiger partial charge in [0, 0.05) is 28.2 Å². The number of halogens is 2. The SMILES string of the molecule is Cc1c(-c2nc3ccc(-c4ccc(F)c(F)c4)cn3n2)[nH]c2ccccc2c1=O. The number of hydrogen-bond donors (Lipinski definition) is 1. The molecule has 0 fully saturated rings. The van der Waals surface area contributed by atoms with Gasteiger partial charge in [-0.3, -0.25) is 4.79 Å². The second-order valence-corrected chi connectivity index (χ2v) is 6.78. The van der Waals surface area contributed by atoms with Gasteiger partial charge in [-0.2, -0.15) is 0 Å². The number of rotatable bonds is 2. The Morgan fingerprint density at radius 2 is 1.76 bits per heavy atom. The van der Waals surface area contributed by atoms with E-state index in [1.54, 1.807) is 35.8 Å². The molecule has 0 aliphatic heterocycles. The first-order valence-electron chi connectivity index (χ1n) is 8.95. The van der Waals surface area contributed by atoms with Crippen LogP contribution >= 0.6 is 0 Å². The zero-order valence-corrected chi connectivity index (χ0v) is 15.3. The molecular weight excluding hydrogens is 374 g/mol. The van der Waals surface area contributed by atoms with Gasteiger partial charge in [-0.05, 0) is 48.9 Å². The highest BCUT2D eigenvalue weighted by atomic mass is 19.2. The number of nitrogens with one attached hydrogen (secondary N) is 1. The Labute approximate surface area is 163 Å². The van der Waals surface area contributed by atoms with Gasteiger partial charge in [0.15, 0.2) is 28.5 Å². The fourth-order valence-corrected chi connectivity index (χ4v) is 3.39. The van der Waals surface area contributed by atoms with Gasteiger partial charge in [0.05, 0.1) is 5.69 Å². The molecule has 0 unspecified atom stereocenters. The minimum absolute atomic E-state index is 0.0734. The van der Waals surface area contributed by atoms with Crippen molar-refractivity contribution in [3.8, 4) is 22.6 Å². The van der Waals surface area contributed by atoms with Crippen LogP contribution in [0, 0.1) is 18.6 Å². The van der Waals surface area contributed by atoms with Crippen molar-refractivity contribution in [2.75, 3.05) is 0 Å². The number of aromatic nitrogens is 4. The van der Waals surface area contributed by atoms with Crippen molar-refractivity contribution < 1.29 is 8.78 Å². The summed E-state index contributed by atoms with van der Waals surface area (Å²) in [5.74, 6) is -1.42. The van der Waals surface area contributed by atoms with E-state index in [2.05, 4.69) is 15.1 Å². The van der Waals surface area contributed by atoms with E-state index in [-0.39, 0.29) is 5.43 Å². The maximum Gasteiger partial charge on any atom is 0.198 e. The molecule has 142 valence electrons. The summed E-state index contributed by atoms with van der Waals surface area (Å²) in [6, 6.07) is 14.5. The Morgan fingerprint density at radius 3 is 2.59 bits per heavy atom. The average molecular weight is 388 g/mol. The third kappa shape index (κ3) is 2.79. The van der Waals surface area contributed by atoms with Crippen molar-refractivity contribution in [1.82, 2.24) is 19.6 Å². The molecule has 0 saturated carbocycles. The van der Waals surface area contributed by atoms with Crippen molar-refractivity contribution in [3.63, 3.8) is 0 Å². The number of hydrogen-bond acceptors (Lipinski definition) is 3. The van der Waals surface area contributed by atoms with Gasteiger partial charge >= 0.3 is 0 Å². The van der Waals surface area contributed by atoms with E-state index in [9.17, 15) is 13.6 Å². The summed E-state index contributed by atoms with van der Waals surface area (Å²) in [6.07, 6.45) is 1.69. The summed E-state index contributed by atoms with van der Waals surface area (Å²) in [4.78, 5) is 20.4. The third-order valence-electron chi connectivity index (χ3n) is 4.95. The van der Waals surface area contributed by atoms with Gasteiger partial charge in [-0.15, -0.1) is 5.10 Å². The second-order valence-electron chi connectivity index (χ2n) is 6.78. The molecule has 3 heterocycles. The number of pyridine rings is 2. The third-order valence-corrected chi connectivity index (χ3v) is 4.95.